The van der Waals surface area contributed by atoms with Crippen molar-refractivity contribution in [1.82, 2.24) is 24.7 Å². The number of halogens is 1. The second kappa shape index (κ2) is 8.86. The van der Waals surface area contributed by atoms with Crippen molar-refractivity contribution < 1.29 is 13.9 Å². The van der Waals surface area contributed by atoms with Gasteiger partial charge in [0.2, 0.25) is 0 Å². The van der Waals surface area contributed by atoms with Crippen LogP contribution in [-0.4, -0.2) is 44.1 Å². The number of benzene rings is 2. The summed E-state index contributed by atoms with van der Waals surface area (Å²) in [5.74, 6) is 1.08. The maximum Gasteiger partial charge on any atom is 0.166 e. The maximum absolute atomic E-state index is 15.2. The second-order valence-corrected chi connectivity index (χ2v) is 9.46. The lowest BCUT2D eigenvalue weighted by molar-refractivity contribution is -0.0832. The quantitative estimate of drug-likeness (QED) is 0.330. The van der Waals surface area contributed by atoms with E-state index in [1.165, 1.54) is 17.7 Å². The highest BCUT2D eigenvalue weighted by Crippen LogP contribution is 2.39. The molecule has 0 aliphatic carbocycles. The van der Waals surface area contributed by atoms with Crippen molar-refractivity contribution in [2.24, 2.45) is 13.0 Å². The number of anilines is 2. The van der Waals surface area contributed by atoms with Crippen LogP contribution in [0.15, 0.2) is 48.5 Å². The molecule has 1 saturated heterocycles. The molecule has 0 bridgehead atoms. The molecule has 1 unspecified atom stereocenters. The van der Waals surface area contributed by atoms with Crippen LogP contribution in [0, 0.1) is 11.7 Å². The average molecular weight is 491 g/mol. The molecule has 10 heteroatoms. The molecule has 8 nitrogen and oxygen atoms in total. The van der Waals surface area contributed by atoms with E-state index in [0.29, 0.717) is 57.5 Å². The topological polar surface area (TPSA) is 87.0 Å². The monoisotopic (exact) mass is 490 g/mol. The van der Waals surface area contributed by atoms with E-state index in [1.807, 2.05) is 31.6 Å². The van der Waals surface area contributed by atoms with Gasteiger partial charge in [0.15, 0.2) is 5.82 Å². The number of hydrogen-bond donors (Lipinski definition) is 1. The number of aromatic nitrogens is 5. The summed E-state index contributed by atoms with van der Waals surface area (Å²) in [6.45, 7) is 3.46. The molecule has 0 saturated carbocycles. The first-order valence-electron chi connectivity index (χ1n) is 11.4. The molecule has 5 aromatic rings. The Balaban J connectivity index is 1.48. The minimum atomic E-state index is -0.357. The summed E-state index contributed by atoms with van der Waals surface area (Å²) in [7, 11) is 1.88. The van der Waals surface area contributed by atoms with E-state index in [-0.39, 0.29) is 11.9 Å². The van der Waals surface area contributed by atoms with Crippen molar-refractivity contribution in [1.29, 1.82) is 0 Å². The Kier molecular flexibility index (Phi) is 5.54. The first kappa shape index (κ1) is 21.9. The number of fused-ring (bicyclic) bond motifs is 2. The molecule has 178 valence electrons. The van der Waals surface area contributed by atoms with Gasteiger partial charge in [0.1, 0.15) is 24.0 Å². The molecule has 1 aliphatic rings. The summed E-state index contributed by atoms with van der Waals surface area (Å²) >= 11 is 1.27. The van der Waals surface area contributed by atoms with Crippen molar-refractivity contribution in [3.63, 3.8) is 0 Å². The van der Waals surface area contributed by atoms with Crippen LogP contribution in [0.3, 0.4) is 0 Å². The lowest BCUT2D eigenvalue weighted by Gasteiger charge is -2.33. The lowest BCUT2D eigenvalue weighted by atomic mass is 9.98. The first-order chi connectivity index (χ1) is 17.1. The SMILES string of the molecule is CCC(Oc1cc(-c2cnn(C)c2)cc2ncnc(Nc3ccc4ncsc4c3F)c12)C1COC1. The van der Waals surface area contributed by atoms with E-state index in [0.717, 1.165) is 17.5 Å². The smallest absolute Gasteiger partial charge is 0.166 e. The zero-order valence-corrected chi connectivity index (χ0v) is 20.1. The Bertz CT molecular complexity index is 1530. The zero-order valence-electron chi connectivity index (χ0n) is 19.2. The van der Waals surface area contributed by atoms with Gasteiger partial charge in [-0.05, 0) is 36.2 Å². The summed E-state index contributed by atoms with van der Waals surface area (Å²) < 4.78 is 29.5. The predicted molar refractivity (Wildman–Crippen MR) is 134 cm³/mol. The van der Waals surface area contributed by atoms with Gasteiger partial charge in [-0.2, -0.15) is 5.10 Å². The maximum atomic E-state index is 15.2. The number of nitrogens with zero attached hydrogens (tertiary/aromatic N) is 5. The third-order valence-corrected chi connectivity index (χ3v) is 7.14. The van der Waals surface area contributed by atoms with Crippen LogP contribution in [0.2, 0.25) is 0 Å². The van der Waals surface area contributed by atoms with Crippen LogP contribution in [-0.2, 0) is 11.8 Å². The standard InChI is InChI=1S/C25H23FN6O2S/c1-3-20(16-10-33-11-16)34-21-7-14(15-8-30-32(2)9-15)6-19-22(21)25(28-12-27-19)31-17-4-5-18-24(23(17)26)35-13-29-18/h4-9,12-13,16,20H,3,10-11H2,1-2H3,(H,27,28,31). The van der Waals surface area contributed by atoms with Crippen LogP contribution in [0.25, 0.3) is 32.2 Å². The highest BCUT2D eigenvalue weighted by atomic mass is 32.1. The van der Waals surface area contributed by atoms with Gasteiger partial charge in [-0.1, -0.05) is 6.92 Å². The van der Waals surface area contributed by atoms with E-state index >= 15 is 4.39 Å². The van der Waals surface area contributed by atoms with E-state index in [4.69, 9.17) is 9.47 Å². The third-order valence-electron chi connectivity index (χ3n) is 6.30. The molecule has 0 radical (unpaired) electrons. The fraction of sp³-hybridized carbons (Fsp3) is 0.280. The Hall–Kier alpha value is -3.63. The van der Waals surface area contributed by atoms with E-state index in [2.05, 4.69) is 32.3 Å². The molecule has 4 heterocycles. The van der Waals surface area contributed by atoms with E-state index in [1.54, 1.807) is 22.3 Å². The number of hydrogen-bond acceptors (Lipinski definition) is 8. The average Bonchev–Trinajstić information content (AvgIpc) is 3.48. The number of aryl methyl sites for hydroxylation is 1. The van der Waals surface area contributed by atoms with Gasteiger partial charge in [-0.3, -0.25) is 4.68 Å². The third kappa shape index (κ3) is 3.98. The number of ether oxygens (including phenoxy) is 2. The Morgan fingerprint density at radius 1 is 1.20 bits per heavy atom. The fourth-order valence-electron chi connectivity index (χ4n) is 4.34. The lowest BCUT2D eigenvalue weighted by Crippen LogP contribution is -2.40. The predicted octanol–water partition coefficient (Wildman–Crippen LogP) is 5.33. The summed E-state index contributed by atoms with van der Waals surface area (Å²) in [5.41, 5.74) is 5.17. The van der Waals surface area contributed by atoms with Crippen molar-refractivity contribution in [2.75, 3.05) is 18.5 Å². The molecule has 0 amide bonds. The molecule has 1 aliphatic heterocycles. The molecule has 35 heavy (non-hydrogen) atoms. The van der Waals surface area contributed by atoms with Gasteiger partial charge in [-0.15, -0.1) is 11.3 Å². The van der Waals surface area contributed by atoms with E-state index in [9.17, 15) is 0 Å². The van der Waals surface area contributed by atoms with Crippen LogP contribution in [0.4, 0.5) is 15.9 Å². The molecular formula is C25H23FN6O2S. The number of rotatable bonds is 7. The first-order valence-corrected chi connectivity index (χ1v) is 12.3. The van der Waals surface area contributed by atoms with Gasteiger partial charge >= 0.3 is 0 Å². The molecule has 1 N–H and O–H groups in total. The zero-order chi connectivity index (χ0) is 23.9. The number of nitrogens with one attached hydrogen (secondary N) is 1. The second-order valence-electron chi connectivity index (χ2n) is 8.61. The summed E-state index contributed by atoms with van der Waals surface area (Å²) in [6.07, 6.45) is 6.04. The Labute approximate surface area is 204 Å². The summed E-state index contributed by atoms with van der Waals surface area (Å²) in [4.78, 5) is 13.2. The molecule has 1 atom stereocenters. The number of thiazole rings is 1. The summed E-state index contributed by atoms with van der Waals surface area (Å²) in [5, 5.41) is 8.18. The molecule has 2 aromatic carbocycles. The van der Waals surface area contributed by atoms with Crippen molar-refractivity contribution in [2.45, 2.75) is 19.4 Å². The normalized spacial score (nSPS) is 14.8. The van der Waals surface area contributed by atoms with Crippen LogP contribution in [0.1, 0.15) is 13.3 Å². The van der Waals surface area contributed by atoms with E-state index < -0.39 is 0 Å². The van der Waals surface area contributed by atoms with Gasteiger partial charge in [0, 0.05) is 24.7 Å². The summed E-state index contributed by atoms with van der Waals surface area (Å²) in [6, 6.07) is 7.43. The van der Waals surface area contributed by atoms with Gasteiger partial charge < -0.3 is 14.8 Å². The van der Waals surface area contributed by atoms with Crippen molar-refractivity contribution >= 4 is 44.0 Å². The highest BCUT2D eigenvalue weighted by molar-refractivity contribution is 7.16. The largest absolute Gasteiger partial charge is 0.489 e. The molecule has 6 rings (SSSR count). The minimum absolute atomic E-state index is 0.0190. The van der Waals surface area contributed by atoms with Crippen LogP contribution < -0.4 is 10.1 Å². The molecule has 0 spiro atoms. The minimum Gasteiger partial charge on any atom is -0.489 e. The van der Waals surface area contributed by atoms with Gasteiger partial charge in [-0.25, -0.2) is 19.3 Å². The highest BCUT2D eigenvalue weighted by Gasteiger charge is 2.30. The van der Waals surface area contributed by atoms with Crippen molar-refractivity contribution in [3.8, 4) is 16.9 Å². The molecule has 1 fully saturated rings. The Morgan fingerprint density at radius 3 is 2.83 bits per heavy atom. The van der Waals surface area contributed by atoms with Gasteiger partial charge in [0.25, 0.3) is 0 Å². The Morgan fingerprint density at radius 2 is 2.09 bits per heavy atom. The van der Waals surface area contributed by atoms with Crippen molar-refractivity contribution in [3.05, 3.63) is 54.3 Å². The van der Waals surface area contributed by atoms with Gasteiger partial charge in [0.05, 0.1) is 51.7 Å². The van der Waals surface area contributed by atoms with Crippen LogP contribution >= 0.6 is 11.3 Å². The fourth-order valence-corrected chi connectivity index (χ4v) is 5.07. The molecule has 3 aromatic heterocycles. The molecular weight excluding hydrogens is 467 g/mol. The van der Waals surface area contributed by atoms with Crippen LogP contribution in [0.5, 0.6) is 5.75 Å².